The van der Waals surface area contributed by atoms with Gasteiger partial charge in [0.15, 0.2) is 0 Å². The maximum atomic E-state index is 13.2. The molecule has 2 aromatic heterocycles. The van der Waals surface area contributed by atoms with Crippen molar-refractivity contribution in [3.05, 3.63) is 90.1 Å². The number of aromatic nitrogens is 2. The Morgan fingerprint density at radius 1 is 0.939 bits per heavy atom. The molecule has 0 aliphatic heterocycles. The van der Waals surface area contributed by atoms with E-state index in [4.69, 9.17) is 9.26 Å². The van der Waals surface area contributed by atoms with Crippen molar-refractivity contribution in [2.24, 2.45) is 0 Å². The summed E-state index contributed by atoms with van der Waals surface area (Å²) in [6.45, 7) is 0.307. The third kappa shape index (κ3) is 5.34. The maximum Gasteiger partial charge on any atom is 0.321 e. The van der Waals surface area contributed by atoms with Gasteiger partial charge in [0.1, 0.15) is 17.0 Å². The first-order valence-corrected chi connectivity index (χ1v) is 10.1. The lowest BCUT2D eigenvalue weighted by atomic mass is 10.1. The van der Waals surface area contributed by atoms with Crippen molar-refractivity contribution >= 4 is 23.5 Å². The van der Waals surface area contributed by atoms with Gasteiger partial charge in [0.05, 0.1) is 12.8 Å². The molecule has 0 aliphatic rings. The number of pyridine rings is 1. The Balaban J connectivity index is 1.56. The number of hydrogen-bond donors (Lipinski definition) is 3. The first-order valence-electron chi connectivity index (χ1n) is 10.1. The zero-order valence-electron chi connectivity index (χ0n) is 17.7. The summed E-state index contributed by atoms with van der Waals surface area (Å²) in [5.74, 6) is 0.0530. The van der Waals surface area contributed by atoms with Crippen LogP contribution in [0.1, 0.15) is 15.9 Å². The van der Waals surface area contributed by atoms with Crippen LogP contribution in [0.4, 0.5) is 16.4 Å². The van der Waals surface area contributed by atoms with Gasteiger partial charge in [-0.1, -0.05) is 41.6 Å². The van der Waals surface area contributed by atoms with Gasteiger partial charge in [0.25, 0.3) is 5.91 Å². The molecule has 3 amide bonds. The number of urea groups is 1. The van der Waals surface area contributed by atoms with Crippen molar-refractivity contribution in [3.8, 4) is 17.1 Å². The normalized spacial score (nSPS) is 10.3. The number of nitrogens with zero attached hydrogens (tertiary/aromatic N) is 2. The summed E-state index contributed by atoms with van der Waals surface area (Å²) in [5, 5.41) is 12.1. The van der Waals surface area contributed by atoms with Gasteiger partial charge in [-0.25, -0.2) is 4.79 Å². The lowest BCUT2D eigenvalue weighted by molar-refractivity contribution is 0.102. The molecule has 33 heavy (non-hydrogen) atoms. The molecule has 166 valence electrons. The molecular weight excluding hydrogens is 422 g/mol. The minimum Gasteiger partial charge on any atom is -0.497 e. The average Bonchev–Trinajstić information content (AvgIpc) is 3.28. The highest BCUT2D eigenvalue weighted by Crippen LogP contribution is 2.29. The SMILES string of the molecule is COc1ccc(NC(=O)c2c(-c3ccccn3)noc2NC(=O)NCc2ccccc2)cc1. The van der Waals surface area contributed by atoms with E-state index >= 15 is 0 Å². The zero-order chi connectivity index (χ0) is 23.0. The van der Waals surface area contributed by atoms with Crippen molar-refractivity contribution in [3.63, 3.8) is 0 Å². The van der Waals surface area contributed by atoms with E-state index in [0.717, 1.165) is 5.56 Å². The molecule has 3 N–H and O–H groups in total. The van der Waals surface area contributed by atoms with Crippen LogP contribution in [0.25, 0.3) is 11.4 Å². The molecule has 9 nitrogen and oxygen atoms in total. The summed E-state index contributed by atoms with van der Waals surface area (Å²) in [5.41, 5.74) is 2.16. The highest BCUT2D eigenvalue weighted by atomic mass is 16.5. The minimum atomic E-state index is -0.541. The molecule has 0 spiro atoms. The predicted octanol–water partition coefficient (Wildman–Crippen LogP) is 4.32. The summed E-state index contributed by atoms with van der Waals surface area (Å²) in [4.78, 5) is 29.9. The van der Waals surface area contributed by atoms with Gasteiger partial charge in [-0.3, -0.25) is 15.1 Å². The molecule has 0 unspecified atom stereocenters. The Kier molecular flexibility index (Phi) is 6.60. The summed E-state index contributed by atoms with van der Waals surface area (Å²) in [6, 6.07) is 20.9. The second-order valence-corrected chi connectivity index (χ2v) is 6.93. The van der Waals surface area contributed by atoms with Gasteiger partial charge in [-0.05, 0) is 42.0 Å². The quantitative estimate of drug-likeness (QED) is 0.391. The second-order valence-electron chi connectivity index (χ2n) is 6.93. The summed E-state index contributed by atoms with van der Waals surface area (Å²) < 4.78 is 10.5. The molecule has 0 bridgehead atoms. The minimum absolute atomic E-state index is 0.0550. The number of ether oxygens (including phenoxy) is 1. The van der Waals surface area contributed by atoms with Crippen LogP contribution in [-0.4, -0.2) is 29.2 Å². The highest BCUT2D eigenvalue weighted by Gasteiger charge is 2.26. The van der Waals surface area contributed by atoms with Crippen molar-refractivity contribution in [1.82, 2.24) is 15.5 Å². The molecule has 0 atom stereocenters. The summed E-state index contributed by atoms with van der Waals surface area (Å²) in [7, 11) is 1.56. The number of anilines is 2. The number of hydrogen-bond acceptors (Lipinski definition) is 6. The van der Waals surface area contributed by atoms with Gasteiger partial charge >= 0.3 is 6.03 Å². The van der Waals surface area contributed by atoms with Gasteiger partial charge in [-0.2, -0.15) is 0 Å². The van der Waals surface area contributed by atoms with E-state index < -0.39 is 11.9 Å². The molecular formula is C24H21N5O4. The number of rotatable bonds is 7. The highest BCUT2D eigenvalue weighted by molar-refractivity contribution is 6.12. The number of benzene rings is 2. The predicted molar refractivity (Wildman–Crippen MR) is 123 cm³/mol. The maximum absolute atomic E-state index is 13.2. The number of carbonyl (C=O) groups is 2. The number of nitrogens with one attached hydrogen (secondary N) is 3. The van der Waals surface area contributed by atoms with Crippen LogP contribution in [0.5, 0.6) is 5.75 Å². The van der Waals surface area contributed by atoms with Crippen LogP contribution in [0.3, 0.4) is 0 Å². The second kappa shape index (κ2) is 10.1. The van der Waals surface area contributed by atoms with Crippen LogP contribution in [0.2, 0.25) is 0 Å². The van der Waals surface area contributed by atoms with Gasteiger partial charge in [-0.15, -0.1) is 0 Å². The van der Waals surface area contributed by atoms with E-state index in [0.29, 0.717) is 23.7 Å². The van der Waals surface area contributed by atoms with Crippen molar-refractivity contribution in [1.29, 1.82) is 0 Å². The Morgan fingerprint density at radius 3 is 2.39 bits per heavy atom. The Labute approximate surface area is 189 Å². The fourth-order valence-electron chi connectivity index (χ4n) is 3.06. The van der Waals surface area contributed by atoms with E-state index in [1.54, 1.807) is 55.8 Å². The largest absolute Gasteiger partial charge is 0.497 e. The van der Waals surface area contributed by atoms with Crippen LogP contribution >= 0.6 is 0 Å². The summed E-state index contributed by atoms with van der Waals surface area (Å²) in [6.07, 6.45) is 1.58. The fraction of sp³-hybridized carbons (Fsp3) is 0.0833. The Bertz CT molecular complexity index is 1220. The molecule has 0 saturated heterocycles. The summed E-state index contributed by atoms with van der Waals surface area (Å²) >= 11 is 0. The van der Waals surface area contributed by atoms with E-state index in [1.807, 2.05) is 30.3 Å². The molecule has 0 fully saturated rings. The zero-order valence-corrected chi connectivity index (χ0v) is 17.7. The van der Waals surface area contributed by atoms with Gasteiger partial charge < -0.3 is 19.9 Å². The fourth-order valence-corrected chi connectivity index (χ4v) is 3.06. The van der Waals surface area contributed by atoms with E-state index in [1.165, 1.54) is 0 Å². The Hall–Kier alpha value is -4.66. The molecule has 9 heteroatoms. The monoisotopic (exact) mass is 443 g/mol. The standard InChI is InChI=1S/C24H21N5O4/c1-32-18-12-10-17(11-13-18)27-22(30)20-21(19-9-5-6-14-25-19)29-33-23(20)28-24(31)26-15-16-7-3-2-4-8-16/h2-14H,15H2,1H3,(H,27,30)(H2,26,28,31). The smallest absolute Gasteiger partial charge is 0.321 e. The number of amides is 3. The molecule has 4 aromatic rings. The lowest BCUT2D eigenvalue weighted by Crippen LogP contribution is -2.29. The topological polar surface area (TPSA) is 118 Å². The van der Waals surface area contributed by atoms with Crippen LogP contribution < -0.4 is 20.7 Å². The number of carbonyl (C=O) groups excluding carboxylic acids is 2. The first kappa shape index (κ1) is 21.6. The van der Waals surface area contributed by atoms with Gasteiger partial charge in [0.2, 0.25) is 5.88 Å². The first-order chi connectivity index (χ1) is 16.1. The van der Waals surface area contributed by atoms with Crippen LogP contribution in [-0.2, 0) is 6.54 Å². The van der Waals surface area contributed by atoms with Crippen LogP contribution in [0.15, 0.2) is 83.5 Å². The van der Waals surface area contributed by atoms with Crippen molar-refractivity contribution in [2.75, 3.05) is 17.7 Å². The average molecular weight is 443 g/mol. The van der Waals surface area contributed by atoms with Crippen LogP contribution in [0, 0.1) is 0 Å². The van der Waals surface area contributed by atoms with Crippen molar-refractivity contribution in [2.45, 2.75) is 6.54 Å². The van der Waals surface area contributed by atoms with E-state index in [-0.39, 0.29) is 17.1 Å². The molecule has 0 saturated carbocycles. The van der Waals surface area contributed by atoms with E-state index in [9.17, 15) is 9.59 Å². The molecule has 2 heterocycles. The molecule has 2 aromatic carbocycles. The molecule has 0 radical (unpaired) electrons. The third-order valence-electron chi connectivity index (χ3n) is 4.70. The molecule has 0 aliphatic carbocycles. The lowest BCUT2D eigenvalue weighted by Gasteiger charge is -2.09. The van der Waals surface area contributed by atoms with E-state index in [2.05, 4.69) is 26.1 Å². The number of methoxy groups -OCH3 is 1. The Morgan fingerprint density at radius 2 is 1.70 bits per heavy atom. The molecule has 4 rings (SSSR count). The van der Waals surface area contributed by atoms with Gasteiger partial charge in [0, 0.05) is 18.4 Å². The third-order valence-corrected chi connectivity index (χ3v) is 4.70. The van der Waals surface area contributed by atoms with Crippen molar-refractivity contribution < 1.29 is 18.8 Å².